The molecule has 2 N–H and O–H groups in total. The van der Waals surface area contributed by atoms with E-state index in [0.29, 0.717) is 35.8 Å². The Bertz CT molecular complexity index is 1340. The average Bonchev–Trinajstić information content (AvgIpc) is 2.87. The predicted octanol–water partition coefficient (Wildman–Crippen LogP) is 3.28. The highest BCUT2D eigenvalue weighted by molar-refractivity contribution is 5.92. The lowest BCUT2D eigenvalue weighted by Gasteiger charge is -2.29. The fourth-order valence-electron chi connectivity index (χ4n) is 4.43. The van der Waals surface area contributed by atoms with Crippen LogP contribution in [0.1, 0.15) is 28.3 Å². The number of methoxy groups -OCH3 is 3. The molecule has 1 aliphatic heterocycles. The number of fused-ring (bicyclic) bond motifs is 1. The van der Waals surface area contributed by atoms with Crippen LogP contribution < -0.4 is 25.5 Å². The van der Waals surface area contributed by atoms with E-state index in [0.717, 1.165) is 16.8 Å². The third-order valence-electron chi connectivity index (χ3n) is 6.18. The van der Waals surface area contributed by atoms with E-state index < -0.39 is 11.9 Å². The van der Waals surface area contributed by atoms with E-state index in [1.54, 1.807) is 24.9 Å². The molecule has 0 bridgehead atoms. The van der Waals surface area contributed by atoms with Gasteiger partial charge in [0.2, 0.25) is 5.88 Å². The fraction of sp³-hybridized carbons (Fsp3) is 0.259. The first-order chi connectivity index (χ1) is 16.9. The van der Waals surface area contributed by atoms with Gasteiger partial charge in [-0.15, -0.1) is 0 Å². The van der Waals surface area contributed by atoms with Crippen molar-refractivity contribution in [3.8, 4) is 17.2 Å². The molecule has 8 nitrogen and oxygen atoms in total. The Kier molecular flexibility index (Phi) is 6.82. The summed E-state index contributed by atoms with van der Waals surface area (Å²) in [5, 5.41) is 0. The molecule has 0 amide bonds. The molecule has 0 unspecified atom stereocenters. The molecule has 1 aromatic heterocycles. The number of carbonyl (C=O) groups excluding carboxylic acids is 1. The van der Waals surface area contributed by atoms with Crippen molar-refractivity contribution in [2.24, 2.45) is 5.73 Å². The van der Waals surface area contributed by atoms with Crippen LogP contribution in [0.2, 0.25) is 0 Å². The highest BCUT2D eigenvalue weighted by Crippen LogP contribution is 2.41. The minimum Gasteiger partial charge on any atom is -0.493 e. The van der Waals surface area contributed by atoms with Crippen LogP contribution in [0.15, 0.2) is 70.8 Å². The number of hydrogen-bond donors (Lipinski definition) is 1. The molecule has 0 spiro atoms. The van der Waals surface area contributed by atoms with Crippen molar-refractivity contribution in [1.29, 1.82) is 0 Å². The van der Waals surface area contributed by atoms with E-state index in [1.807, 2.05) is 55.5 Å². The molecule has 2 heterocycles. The van der Waals surface area contributed by atoms with Gasteiger partial charge in [-0.1, -0.05) is 36.4 Å². The second kappa shape index (κ2) is 9.97. The van der Waals surface area contributed by atoms with E-state index in [4.69, 9.17) is 24.7 Å². The molecule has 0 radical (unpaired) electrons. The number of rotatable bonds is 7. The maximum atomic E-state index is 13.8. The molecule has 35 heavy (non-hydrogen) atoms. The monoisotopic (exact) mass is 476 g/mol. The SMILES string of the molecule is COC(=O)C1=C(N)Oc2cc(C)n(CCc3ccc(OC)c(OC)c3)c(=O)c2[C@H]1c1ccccc1. The minimum absolute atomic E-state index is 0.0694. The molecule has 1 aliphatic rings. The van der Waals surface area contributed by atoms with Crippen molar-refractivity contribution in [2.75, 3.05) is 21.3 Å². The maximum Gasteiger partial charge on any atom is 0.340 e. The van der Waals surface area contributed by atoms with Gasteiger partial charge in [0.05, 0.1) is 32.8 Å². The summed E-state index contributed by atoms with van der Waals surface area (Å²) >= 11 is 0. The van der Waals surface area contributed by atoms with Gasteiger partial charge >= 0.3 is 5.97 Å². The van der Waals surface area contributed by atoms with Crippen molar-refractivity contribution < 1.29 is 23.7 Å². The van der Waals surface area contributed by atoms with E-state index in [2.05, 4.69) is 0 Å². The van der Waals surface area contributed by atoms with Crippen LogP contribution in [0.3, 0.4) is 0 Å². The molecule has 4 rings (SSSR count). The summed E-state index contributed by atoms with van der Waals surface area (Å²) in [5.41, 5.74) is 8.81. The molecule has 0 saturated carbocycles. The van der Waals surface area contributed by atoms with Crippen LogP contribution in [-0.4, -0.2) is 31.9 Å². The van der Waals surface area contributed by atoms with Crippen molar-refractivity contribution in [2.45, 2.75) is 25.8 Å². The lowest BCUT2D eigenvalue weighted by molar-refractivity contribution is -0.136. The zero-order valence-electron chi connectivity index (χ0n) is 20.2. The van der Waals surface area contributed by atoms with Gasteiger partial charge < -0.3 is 29.2 Å². The molecule has 182 valence electrons. The molecule has 1 atom stereocenters. The first-order valence-electron chi connectivity index (χ1n) is 11.2. The number of hydrogen-bond acceptors (Lipinski definition) is 7. The summed E-state index contributed by atoms with van der Waals surface area (Å²) in [6.45, 7) is 2.26. The summed E-state index contributed by atoms with van der Waals surface area (Å²) in [7, 11) is 4.45. The van der Waals surface area contributed by atoms with Gasteiger partial charge in [-0.3, -0.25) is 4.79 Å². The van der Waals surface area contributed by atoms with Crippen molar-refractivity contribution in [1.82, 2.24) is 4.57 Å². The number of pyridine rings is 1. The van der Waals surface area contributed by atoms with Crippen LogP contribution in [-0.2, 0) is 22.5 Å². The molecule has 0 fully saturated rings. The summed E-state index contributed by atoms with van der Waals surface area (Å²) in [6.07, 6.45) is 0.582. The highest BCUT2D eigenvalue weighted by atomic mass is 16.5. The third kappa shape index (κ3) is 4.47. The van der Waals surface area contributed by atoms with Gasteiger partial charge in [-0.2, -0.15) is 0 Å². The molecule has 2 aromatic carbocycles. The topological polar surface area (TPSA) is 102 Å². The summed E-state index contributed by atoms with van der Waals surface area (Å²) in [5.74, 6) is 0.182. The lowest BCUT2D eigenvalue weighted by atomic mass is 9.83. The zero-order chi connectivity index (χ0) is 25.1. The normalized spacial score (nSPS) is 14.7. The first kappa shape index (κ1) is 23.9. The van der Waals surface area contributed by atoms with E-state index in [1.165, 1.54) is 7.11 Å². The number of esters is 1. The molecular weight excluding hydrogens is 448 g/mol. The quantitative estimate of drug-likeness (QED) is 0.522. The van der Waals surface area contributed by atoms with Crippen LogP contribution in [0, 0.1) is 6.92 Å². The largest absolute Gasteiger partial charge is 0.493 e. The van der Waals surface area contributed by atoms with Gasteiger partial charge in [-0.25, -0.2) is 4.79 Å². The summed E-state index contributed by atoms with van der Waals surface area (Å²) < 4.78 is 23.1. The second-order valence-corrected chi connectivity index (χ2v) is 8.18. The fourth-order valence-corrected chi connectivity index (χ4v) is 4.43. The number of aryl methyl sites for hydroxylation is 2. The molecule has 0 saturated heterocycles. The predicted molar refractivity (Wildman–Crippen MR) is 131 cm³/mol. The highest BCUT2D eigenvalue weighted by Gasteiger charge is 2.38. The smallest absolute Gasteiger partial charge is 0.340 e. The van der Waals surface area contributed by atoms with Crippen molar-refractivity contribution in [3.63, 3.8) is 0 Å². The lowest BCUT2D eigenvalue weighted by Crippen LogP contribution is -2.35. The van der Waals surface area contributed by atoms with Crippen molar-refractivity contribution in [3.05, 3.63) is 98.8 Å². The Morgan fingerprint density at radius 3 is 2.40 bits per heavy atom. The number of aromatic nitrogens is 1. The Balaban J connectivity index is 1.78. The van der Waals surface area contributed by atoms with E-state index >= 15 is 0 Å². The van der Waals surface area contributed by atoms with Crippen LogP contribution in [0.25, 0.3) is 0 Å². The van der Waals surface area contributed by atoms with E-state index in [9.17, 15) is 9.59 Å². The molecular formula is C27H28N2O6. The average molecular weight is 477 g/mol. The Hall–Kier alpha value is -4.20. The zero-order valence-corrected chi connectivity index (χ0v) is 20.2. The third-order valence-corrected chi connectivity index (χ3v) is 6.18. The summed E-state index contributed by atoms with van der Waals surface area (Å²) in [4.78, 5) is 26.5. The summed E-state index contributed by atoms with van der Waals surface area (Å²) in [6, 6.07) is 16.7. The van der Waals surface area contributed by atoms with E-state index in [-0.39, 0.29) is 17.0 Å². The number of nitrogens with two attached hydrogens (primary N) is 1. The maximum absolute atomic E-state index is 13.8. The first-order valence-corrected chi connectivity index (χ1v) is 11.2. The van der Waals surface area contributed by atoms with Gasteiger partial charge in [0.25, 0.3) is 5.56 Å². The van der Waals surface area contributed by atoms with Gasteiger partial charge in [0, 0.05) is 18.3 Å². The van der Waals surface area contributed by atoms with Crippen LogP contribution in [0.4, 0.5) is 0 Å². The molecule has 8 heteroatoms. The molecule has 0 aliphatic carbocycles. The number of ether oxygens (including phenoxy) is 4. The van der Waals surface area contributed by atoms with Gasteiger partial charge in [0.1, 0.15) is 11.3 Å². The van der Waals surface area contributed by atoms with Crippen LogP contribution >= 0.6 is 0 Å². The number of benzene rings is 2. The Morgan fingerprint density at radius 1 is 1.03 bits per heavy atom. The Morgan fingerprint density at radius 2 is 1.74 bits per heavy atom. The standard InChI is InChI=1S/C27H28N2O6/c1-16-14-21-23(22(18-8-6-5-7-9-18)24(25(28)35-21)27(31)34-4)26(30)29(16)13-12-17-10-11-19(32-2)20(15-17)33-3/h5-11,14-15,22H,12-13,28H2,1-4H3/t22-/m1/s1. The number of nitrogens with zero attached hydrogens (tertiary/aromatic N) is 1. The number of carbonyl (C=O) groups is 1. The van der Waals surface area contributed by atoms with Gasteiger partial charge in [0.15, 0.2) is 11.5 Å². The second-order valence-electron chi connectivity index (χ2n) is 8.18. The molecule has 3 aromatic rings. The van der Waals surface area contributed by atoms with Crippen molar-refractivity contribution >= 4 is 5.97 Å². The minimum atomic E-state index is -0.715. The van der Waals surface area contributed by atoms with Crippen LogP contribution in [0.5, 0.6) is 17.2 Å². The Labute approximate surface area is 203 Å². The van der Waals surface area contributed by atoms with Gasteiger partial charge in [-0.05, 0) is 36.6 Å².